The Morgan fingerprint density at radius 3 is 2.62 bits per heavy atom. The van der Waals surface area contributed by atoms with Gasteiger partial charge in [0, 0.05) is 19.1 Å². The minimum Gasteiger partial charge on any atom is -0.329 e. The first-order chi connectivity index (χ1) is 3.81. The first-order valence-electron chi connectivity index (χ1n) is 2.97. The van der Waals surface area contributed by atoms with Crippen LogP contribution in [0.3, 0.4) is 0 Å². The predicted octanol–water partition coefficient (Wildman–Crippen LogP) is -1.12. The van der Waals surface area contributed by atoms with E-state index in [1.54, 1.807) is 0 Å². The minimum atomic E-state index is 0.120. The molecular formula is C5H15N3. The fourth-order valence-electron chi connectivity index (χ4n) is 0.413. The molecule has 0 aliphatic carbocycles. The van der Waals surface area contributed by atoms with Crippen molar-refractivity contribution in [2.24, 2.45) is 11.5 Å². The molecule has 0 bridgehead atoms. The SMILES string of the molecule is CCNCC(N)CN. The van der Waals surface area contributed by atoms with Crippen molar-refractivity contribution in [1.29, 1.82) is 0 Å². The average molecular weight is 117 g/mol. The molecule has 0 saturated carbocycles. The van der Waals surface area contributed by atoms with E-state index in [9.17, 15) is 0 Å². The second-order valence-electron chi connectivity index (χ2n) is 1.80. The fourth-order valence-corrected chi connectivity index (χ4v) is 0.413. The molecule has 0 aromatic carbocycles. The van der Waals surface area contributed by atoms with Crippen LogP contribution in [-0.4, -0.2) is 25.7 Å². The molecule has 0 aromatic rings. The van der Waals surface area contributed by atoms with E-state index in [1.807, 2.05) is 6.92 Å². The van der Waals surface area contributed by atoms with Crippen molar-refractivity contribution in [2.75, 3.05) is 19.6 Å². The number of nitrogens with one attached hydrogen (secondary N) is 1. The molecule has 0 aliphatic rings. The fraction of sp³-hybridized carbons (Fsp3) is 1.00. The van der Waals surface area contributed by atoms with E-state index in [2.05, 4.69) is 5.32 Å². The molecule has 0 aliphatic heterocycles. The minimum absolute atomic E-state index is 0.120. The van der Waals surface area contributed by atoms with Crippen molar-refractivity contribution in [3.05, 3.63) is 0 Å². The Morgan fingerprint density at radius 2 is 2.25 bits per heavy atom. The van der Waals surface area contributed by atoms with E-state index in [1.165, 1.54) is 0 Å². The summed E-state index contributed by atoms with van der Waals surface area (Å²) >= 11 is 0. The van der Waals surface area contributed by atoms with E-state index in [0.717, 1.165) is 13.1 Å². The largest absolute Gasteiger partial charge is 0.329 e. The molecule has 0 radical (unpaired) electrons. The highest BCUT2D eigenvalue weighted by Gasteiger charge is 1.94. The normalized spacial score (nSPS) is 13.9. The molecule has 8 heavy (non-hydrogen) atoms. The summed E-state index contributed by atoms with van der Waals surface area (Å²) in [6, 6.07) is 0.120. The molecule has 0 rings (SSSR count). The van der Waals surface area contributed by atoms with E-state index < -0.39 is 0 Å². The lowest BCUT2D eigenvalue weighted by Gasteiger charge is -2.06. The molecule has 0 spiro atoms. The van der Waals surface area contributed by atoms with Gasteiger partial charge in [-0.25, -0.2) is 0 Å². The van der Waals surface area contributed by atoms with Crippen LogP contribution >= 0.6 is 0 Å². The first kappa shape index (κ1) is 7.88. The second-order valence-corrected chi connectivity index (χ2v) is 1.80. The summed E-state index contributed by atoms with van der Waals surface area (Å²) in [5, 5.41) is 3.09. The standard InChI is InChI=1S/C5H15N3/c1-2-8-4-5(7)3-6/h5,8H,2-4,6-7H2,1H3. The summed E-state index contributed by atoms with van der Waals surface area (Å²) < 4.78 is 0. The lowest BCUT2D eigenvalue weighted by atomic mass is 10.3. The molecule has 1 unspecified atom stereocenters. The van der Waals surface area contributed by atoms with Gasteiger partial charge in [0.25, 0.3) is 0 Å². The van der Waals surface area contributed by atoms with Crippen molar-refractivity contribution in [3.63, 3.8) is 0 Å². The van der Waals surface area contributed by atoms with Gasteiger partial charge in [0.05, 0.1) is 0 Å². The average Bonchev–Trinajstić information content (AvgIpc) is 1.83. The lowest BCUT2D eigenvalue weighted by molar-refractivity contribution is 0.597. The highest BCUT2D eigenvalue weighted by molar-refractivity contribution is 4.62. The third-order valence-electron chi connectivity index (χ3n) is 0.959. The van der Waals surface area contributed by atoms with Gasteiger partial charge in [0.15, 0.2) is 0 Å². The van der Waals surface area contributed by atoms with Crippen molar-refractivity contribution in [3.8, 4) is 0 Å². The summed E-state index contributed by atoms with van der Waals surface area (Å²) in [6.07, 6.45) is 0. The van der Waals surface area contributed by atoms with Gasteiger partial charge < -0.3 is 16.8 Å². The Hall–Kier alpha value is -0.120. The molecular weight excluding hydrogens is 102 g/mol. The molecule has 0 heterocycles. The van der Waals surface area contributed by atoms with Crippen LogP contribution < -0.4 is 16.8 Å². The number of hydrogen-bond acceptors (Lipinski definition) is 3. The number of hydrogen-bond donors (Lipinski definition) is 3. The van der Waals surface area contributed by atoms with Crippen molar-refractivity contribution in [1.82, 2.24) is 5.32 Å². The van der Waals surface area contributed by atoms with E-state index in [4.69, 9.17) is 11.5 Å². The Balaban J connectivity index is 2.86. The van der Waals surface area contributed by atoms with Gasteiger partial charge in [-0.3, -0.25) is 0 Å². The Morgan fingerprint density at radius 1 is 1.62 bits per heavy atom. The van der Waals surface area contributed by atoms with Crippen molar-refractivity contribution >= 4 is 0 Å². The van der Waals surface area contributed by atoms with Gasteiger partial charge in [-0.1, -0.05) is 6.92 Å². The van der Waals surface area contributed by atoms with E-state index in [-0.39, 0.29) is 6.04 Å². The zero-order valence-corrected chi connectivity index (χ0v) is 5.35. The maximum absolute atomic E-state index is 5.47. The van der Waals surface area contributed by atoms with Crippen molar-refractivity contribution < 1.29 is 0 Å². The third kappa shape index (κ3) is 4.05. The zero-order valence-electron chi connectivity index (χ0n) is 5.35. The first-order valence-corrected chi connectivity index (χ1v) is 2.97. The topological polar surface area (TPSA) is 64.1 Å². The number of rotatable bonds is 4. The van der Waals surface area contributed by atoms with Gasteiger partial charge >= 0.3 is 0 Å². The number of likely N-dealkylation sites (N-methyl/N-ethyl adjacent to an activating group) is 1. The molecule has 1 atom stereocenters. The van der Waals surface area contributed by atoms with Crippen LogP contribution in [0.2, 0.25) is 0 Å². The van der Waals surface area contributed by atoms with Crippen LogP contribution in [0, 0.1) is 0 Å². The van der Waals surface area contributed by atoms with Gasteiger partial charge in [-0.15, -0.1) is 0 Å². The predicted molar refractivity (Wildman–Crippen MR) is 35.6 cm³/mol. The van der Waals surface area contributed by atoms with Crippen LogP contribution in [0.25, 0.3) is 0 Å². The van der Waals surface area contributed by atoms with Crippen LogP contribution in [0.4, 0.5) is 0 Å². The highest BCUT2D eigenvalue weighted by atomic mass is 14.9. The Kier molecular flexibility index (Phi) is 4.95. The van der Waals surface area contributed by atoms with Crippen LogP contribution in [0.5, 0.6) is 0 Å². The Labute approximate surface area is 50.4 Å². The van der Waals surface area contributed by atoms with Gasteiger partial charge in [0.2, 0.25) is 0 Å². The maximum Gasteiger partial charge on any atom is 0.0290 e. The summed E-state index contributed by atoms with van der Waals surface area (Å²) in [7, 11) is 0. The molecule has 0 fully saturated rings. The Bertz CT molecular complexity index is 46.9. The summed E-state index contributed by atoms with van der Waals surface area (Å²) in [6.45, 7) is 4.40. The molecule has 50 valence electrons. The molecule has 0 amide bonds. The summed E-state index contributed by atoms with van der Waals surface area (Å²) in [5.41, 5.74) is 10.7. The van der Waals surface area contributed by atoms with Gasteiger partial charge in [-0.05, 0) is 6.54 Å². The van der Waals surface area contributed by atoms with Crippen LogP contribution in [0.15, 0.2) is 0 Å². The molecule has 0 saturated heterocycles. The zero-order chi connectivity index (χ0) is 6.41. The lowest BCUT2D eigenvalue weighted by Crippen LogP contribution is -2.39. The highest BCUT2D eigenvalue weighted by Crippen LogP contribution is 1.66. The molecule has 3 nitrogen and oxygen atoms in total. The van der Waals surface area contributed by atoms with Crippen molar-refractivity contribution in [2.45, 2.75) is 13.0 Å². The van der Waals surface area contributed by atoms with E-state index in [0.29, 0.717) is 6.54 Å². The summed E-state index contributed by atoms with van der Waals surface area (Å²) in [5.74, 6) is 0. The van der Waals surface area contributed by atoms with E-state index >= 15 is 0 Å². The van der Waals surface area contributed by atoms with Crippen LogP contribution in [-0.2, 0) is 0 Å². The second kappa shape index (κ2) is 5.03. The van der Waals surface area contributed by atoms with Gasteiger partial charge in [-0.2, -0.15) is 0 Å². The number of nitrogens with two attached hydrogens (primary N) is 2. The maximum atomic E-state index is 5.47. The molecule has 3 heteroatoms. The van der Waals surface area contributed by atoms with Gasteiger partial charge in [0.1, 0.15) is 0 Å². The third-order valence-corrected chi connectivity index (χ3v) is 0.959. The summed E-state index contributed by atoms with van der Waals surface area (Å²) in [4.78, 5) is 0. The molecule has 0 aromatic heterocycles. The molecule has 5 N–H and O–H groups in total. The van der Waals surface area contributed by atoms with Crippen LogP contribution in [0.1, 0.15) is 6.92 Å². The quantitative estimate of drug-likeness (QED) is 0.437. The smallest absolute Gasteiger partial charge is 0.0290 e. The monoisotopic (exact) mass is 117 g/mol.